The van der Waals surface area contributed by atoms with E-state index in [-0.39, 0.29) is 35.2 Å². The number of nitrogen functional groups attached to an aromatic ring is 1. The summed E-state index contributed by atoms with van der Waals surface area (Å²) in [5, 5.41) is 9.18. The van der Waals surface area contributed by atoms with Gasteiger partial charge < -0.3 is 21.2 Å². The molecular formula is C17H21N7O7S4. The third-order valence-corrected chi connectivity index (χ3v) is 7.47. The number of anilines is 1. The van der Waals surface area contributed by atoms with Crippen LogP contribution in [0.25, 0.3) is 0 Å². The fourth-order valence-electron chi connectivity index (χ4n) is 3.31. The molecule has 0 aliphatic carbocycles. The zero-order valence-corrected chi connectivity index (χ0v) is 21.6. The third-order valence-electron chi connectivity index (χ3n) is 4.69. The summed E-state index contributed by atoms with van der Waals surface area (Å²) in [4.78, 5) is 59.5. The number of hydrogen-bond acceptors (Lipinski definition) is 12. The van der Waals surface area contributed by atoms with Crippen molar-refractivity contribution in [3.05, 3.63) is 22.3 Å². The molecule has 0 spiro atoms. The maximum atomic E-state index is 12.9. The van der Waals surface area contributed by atoms with E-state index in [2.05, 4.69) is 33.4 Å². The number of carbonyl (C=O) groups is 4. The Morgan fingerprint density at radius 2 is 2.11 bits per heavy atom. The van der Waals surface area contributed by atoms with Crippen LogP contribution in [0, 0.1) is 0 Å². The molecule has 2 aliphatic heterocycles. The van der Waals surface area contributed by atoms with Gasteiger partial charge in [-0.1, -0.05) is 17.8 Å². The van der Waals surface area contributed by atoms with Gasteiger partial charge in [-0.3, -0.25) is 19.3 Å². The van der Waals surface area contributed by atoms with Crippen molar-refractivity contribution in [2.45, 2.75) is 17.8 Å². The van der Waals surface area contributed by atoms with Crippen molar-refractivity contribution in [2.75, 3.05) is 31.4 Å². The minimum Gasteiger partial charge on any atom is -0.398 e. The number of thioether (sulfide) groups is 1. The first kappa shape index (κ1) is 26.8. The maximum Gasteiger partial charge on any atom is 0.328 e. The van der Waals surface area contributed by atoms with Crippen molar-refractivity contribution in [3.8, 4) is 0 Å². The largest absolute Gasteiger partial charge is 0.398 e. The molecule has 5 N–H and O–H groups in total. The number of hydrogen-bond donors (Lipinski definition) is 5. The van der Waals surface area contributed by atoms with Gasteiger partial charge in [-0.05, 0) is 12.0 Å². The highest BCUT2D eigenvalue weighted by molar-refractivity contribution is 8.00. The monoisotopic (exact) mass is 563 g/mol. The second-order valence-corrected chi connectivity index (χ2v) is 11.3. The minimum absolute atomic E-state index is 0.0162. The van der Waals surface area contributed by atoms with Crippen molar-refractivity contribution in [1.82, 2.24) is 25.2 Å². The molecule has 1 aromatic rings. The van der Waals surface area contributed by atoms with Crippen LogP contribution in [0.2, 0.25) is 0 Å². The van der Waals surface area contributed by atoms with Crippen LogP contribution in [0.4, 0.5) is 9.93 Å². The number of thiol groups is 1. The molecule has 1 unspecified atom stereocenters. The van der Waals surface area contributed by atoms with Gasteiger partial charge in [-0.2, -0.15) is 0 Å². The number of fused-ring (bicyclic) bond motifs is 1. The van der Waals surface area contributed by atoms with Crippen LogP contribution in [-0.2, 0) is 29.2 Å². The number of rotatable bonds is 9. The molecule has 1 saturated heterocycles. The van der Waals surface area contributed by atoms with E-state index in [9.17, 15) is 27.6 Å². The number of thiazole rings is 1. The van der Waals surface area contributed by atoms with Crippen LogP contribution >= 0.6 is 35.7 Å². The first-order chi connectivity index (χ1) is 16.4. The van der Waals surface area contributed by atoms with Gasteiger partial charge in [-0.25, -0.2) is 22.9 Å². The highest BCUT2D eigenvalue weighted by Crippen LogP contribution is 2.41. The van der Waals surface area contributed by atoms with Gasteiger partial charge in [0.2, 0.25) is 15.1 Å². The Bertz CT molecular complexity index is 1230. The molecular weight excluding hydrogens is 542 g/mol. The molecule has 18 heteroatoms. The van der Waals surface area contributed by atoms with E-state index in [1.54, 1.807) is 4.72 Å². The van der Waals surface area contributed by atoms with E-state index in [4.69, 9.17) is 10.6 Å². The second-order valence-electron chi connectivity index (χ2n) is 7.19. The Labute approximate surface area is 213 Å². The average molecular weight is 564 g/mol. The van der Waals surface area contributed by atoms with Crippen LogP contribution in [-0.4, -0.2) is 84.1 Å². The van der Waals surface area contributed by atoms with E-state index >= 15 is 0 Å². The molecule has 1 aromatic heterocycles. The molecule has 2 aliphatic rings. The molecule has 2 atom stereocenters. The lowest BCUT2D eigenvalue weighted by molar-refractivity contribution is -0.146. The molecule has 3 rings (SSSR count). The predicted octanol–water partition coefficient (Wildman–Crippen LogP) is -1.16. The summed E-state index contributed by atoms with van der Waals surface area (Å²) >= 11 is 6.30. The van der Waals surface area contributed by atoms with Gasteiger partial charge in [0.1, 0.15) is 24.2 Å². The van der Waals surface area contributed by atoms with Crippen molar-refractivity contribution in [1.29, 1.82) is 0 Å². The lowest BCUT2D eigenvalue weighted by atomic mass is 10.0. The van der Waals surface area contributed by atoms with Crippen LogP contribution in [0.15, 0.2) is 21.8 Å². The summed E-state index contributed by atoms with van der Waals surface area (Å²) in [6.07, 6.45) is 1.01. The van der Waals surface area contributed by atoms with Crippen LogP contribution < -0.4 is 21.1 Å². The number of sulfonamides is 1. The smallest absolute Gasteiger partial charge is 0.328 e. The quantitative estimate of drug-likeness (QED) is 0.105. The number of nitrogens with two attached hydrogens (primary N) is 1. The number of amides is 4. The Morgan fingerprint density at radius 3 is 2.69 bits per heavy atom. The van der Waals surface area contributed by atoms with E-state index in [0.717, 1.165) is 17.6 Å². The number of β-lactam (4-membered cyclic amide) rings is 1. The summed E-state index contributed by atoms with van der Waals surface area (Å²) < 4.78 is 24.0. The zero-order chi connectivity index (χ0) is 25.9. The molecule has 190 valence electrons. The summed E-state index contributed by atoms with van der Waals surface area (Å²) in [6.45, 7) is 0.0162. The molecule has 35 heavy (non-hydrogen) atoms. The van der Waals surface area contributed by atoms with Gasteiger partial charge >= 0.3 is 6.03 Å². The lowest BCUT2D eigenvalue weighted by Gasteiger charge is -2.49. The van der Waals surface area contributed by atoms with E-state index in [1.807, 2.05) is 0 Å². The first-order valence-electron chi connectivity index (χ1n) is 9.72. The second kappa shape index (κ2) is 10.8. The van der Waals surface area contributed by atoms with Gasteiger partial charge in [0, 0.05) is 17.7 Å². The van der Waals surface area contributed by atoms with Crippen molar-refractivity contribution in [3.63, 3.8) is 0 Å². The van der Waals surface area contributed by atoms with Crippen molar-refractivity contribution in [2.24, 2.45) is 5.16 Å². The molecule has 1 fully saturated rings. The SMILES string of the molecule is CO/N=C(\C(=O)NC1C(=O)N2C(C(=O)S)=C(CCNC(=O)NS(C)(=O)=O)CS[C@H]12)c1csc(N)n1. The highest BCUT2D eigenvalue weighted by Gasteiger charge is 2.53. The van der Waals surface area contributed by atoms with Gasteiger partial charge in [0.05, 0.1) is 12.0 Å². The maximum absolute atomic E-state index is 12.9. The fraction of sp³-hybridized carbons (Fsp3) is 0.412. The van der Waals surface area contributed by atoms with E-state index < -0.39 is 44.4 Å². The number of nitrogens with one attached hydrogen (secondary N) is 3. The Balaban J connectivity index is 1.69. The molecule has 4 amide bonds. The van der Waals surface area contributed by atoms with E-state index in [0.29, 0.717) is 11.3 Å². The standard InChI is InChI=1S/C17H21N7O7S4/c1-31-22-9(8-6-34-16(18)20-8)12(25)21-10-13(26)24-11(15(27)32)7(5-33-14(10)24)3-4-19-17(28)23-35(2,29)30/h6,10,14H,3-5H2,1-2H3,(H2,18,20)(H,21,25)(H,27,32)(H2,19,23,28)/b22-9-/t10?,14-/m1/s1. The van der Waals surface area contributed by atoms with Gasteiger partial charge in [0.15, 0.2) is 10.8 Å². The Morgan fingerprint density at radius 1 is 1.40 bits per heavy atom. The van der Waals surface area contributed by atoms with E-state index in [1.165, 1.54) is 29.2 Å². The lowest BCUT2D eigenvalue weighted by Crippen LogP contribution is -2.70. The van der Waals surface area contributed by atoms with Gasteiger partial charge in [-0.15, -0.1) is 23.1 Å². The number of aromatic nitrogens is 1. The number of oxime groups is 1. The number of nitrogens with zero attached hydrogens (tertiary/aromatic N) is 3. The summed E-state index contributed by atoms with van der Waals surface area (Å²) in [7, 11) is -2.46. The number of urea groups is 1. The third kappa shape index (κ3) is 6.24. The average Bonchev–Trinajstić information content (AvgIpc) is 3.19. The summed E-state index contributed by atoms with van der Waals surface area (Å²) in [5.41, 5.74) is 6.25. The topological polar surface area (TPSA) is 202 Å². The molecule has 3 heterocycles. The highest BCUT2D eigenvalue weighted by atomic mass is 32.2. The van der Waals surface area contributed by atoms with Gasteiger partial charge in [0.25, 0.3) is 11.8 Å². The van der Waals surface area contributed by atoms with Crippen LogP contribution in [0.1, 0.15) is 12.1 Å². The van der Waals surface area contributed by atoms with Crippen LogP contribution in [0.3, 0.4) is 0 Å². The molecule has 0 radical (unpaired) electrons. The molecule has 14 nitrogen and oxygen atoms in total. The first-order valence-corrected chi connectivity index (χ1v) is 14.0. The minimum atomic E-state index is -3.72. The zero-order valence-electron chi connectivity index (χ0n) is 18.3. The predicted molar refractivity (Wildman–Crippen MR) is 132 cm³/mol. The molecule has 0 saturated carbocycles. The van der Waals surface area contributed by atoms with Crippen LogP contribution in [0.5, 0.6) is 0 Å². The van der Waals surface area contributed by atoms with Crippen molar-refractivity contribution < 1.29 is 32.4 Å². The van der Waals surface area contributed by atoms with Crippen molar-refractivity contribution >= 4 is 79.6 Å². The Kier molecular flexibility index (Phi) is 8.29. The Hall–Kier alpha value is -2.83. The summed E-state index contributed by atoms with van der Waals surface area (Å²) in [6, 6.07) is -1.85. The molecule has 0 bridgehead atoms. The fourth-order valence-corrected chi connectivity index (χ4v) is 5.92. The normalized spacial score (nSPS) is 20.0. The number of carbonyl (C=O) groups excluding carboxylic acids is 4. The molecule has 0 aromatic carbocycles. The summed E-state index contributed by atoms with van der Waals surface area (Å²) in [5.74, 6) is -0.910.